The molecule has 0 aliphatic heterocycles. The molecule has 3 amide bonds. The first-order chi connectivity index (χ1) is 20.3. The first-order valence-electron chi connectivity index (χ1n) is 13.3. The predicted molar refractivity (Wildman–Crippen MR) is 153 cm³/mol. The van der Waals surface area contributed by atoms with Gasteiger partial charge in [0.25, 0.3) is 11.8 Å². The zero-order valence-corrected chi connectivity index (χ0v) is 23.7. The molecule has 2 N–H and O–H groups in total. The van der Waals surface area contributed by atoms with E-state index >= 15 is 0 Å². The standard InChI is InChI=1S/C29H31N7O6/c1-5-11-32-26(37)20-10-9-18(3)23(13-20)36(29(40)42-17-41-28(39)21-8-7-12-30-14-21)25-24-19(4)22(27(38)31-6-2)15-35(24)34-16-33-25/h7-10,12-16H,5-6,11,17H2,1-4H3,(H,31,38)(H,32,37). The molecule has 0 atom stereocenters. The molecular weight excluding hydrogens is 542 g/mol. The summed E-state index contributed by atoms with van der Waals surface area (Å²) >= 11 is 0. The zero-order chi connectivity index (χ0) is 30.2. The molecule has 0 bridgehead atoms. The second-order valence-corrected chi connectivity index (χ2v) is 9.20. The SMILES string of the molecule is CCCNC(=O)c1ccc(C)c(N(C(=O)OCOC(=O)c2cccnc2)c2ncnn3cc(C(=O)NCC)c(C)c23)c1. The van der Waals surface area contributed by atoms with Gasteiger partial charge in [0.1, 0.15) is 11.8 Å². The maximum Gasteiger partial charge on any atom is 0.423 e. The van der Waals surface area contributed by atoms with Crippen LogP contribution < -0.4 is 15.5 Å². The quantitative estimate of drug-likeness (QED) is 0.213. The first-order valence-corrected chi connectivity index (χ1v) is 13.3. The third kappa shape index (κ3) is 6.35. The average Bonchev–Trinajstić information content (AvgIpc) is 3.34. The van der Waals surface area contributed by atoms with Crippen LogP contribution in [0, 0.1) is 13.8 Å². The molecule has 218 valence electrons. The second kappa shape index (κ2) is 13.4. The minimum absolute atomic E-state index is 0.0934. The number of hydrogen-bond donors (Lipinski definition) is 2. The van der Waals surface area contributed by atoms with E-state index in [1.165, 1.54) is 29.3 Å². The molecule has 0 saturated heterocycles. The van der Waals surface area contributed by atoms with Crippen molar-refractivity contribution in [2.75, 3.05) is 24.8 Å². The van der Waals surface area contributed by atoms with Crippen LogP contribution in [-0.4, -0.2) is 63.3 Å². The number of benzene rings is 1. The summed E-state index contributed by atoms with van der Waals surface area (Å²) in [5.74, 6) is -1.27. The number of carbonyl (C=O) groups excluding carboxylic acids is 4. The number of aryl methyl sites for hydroxylation is 2. The number of anilines is 2. The summed E-state index contributed by atoms with van der Waals surface area (Å²) < 4.78 is 12.0. The summed E-state index contributed by atoms with van der Waals surface area (Å²) in [4.78, 5) is 61.0. The van der Waals surface area contributed by atoms with Gasteiger partial charge in [0.05, 0.1) is 16.8 Å². The van der Waals surface area contributed by atoms with Gasteiger partial charge in [-0.3, -0.25) is 14.6 Å². The van der Waals surface area contributed by atoms with Crippen LogP contribution in [0.25, 0.3) is 5.52 Å². The molecule has 0 aliphatic rings. The third-order valence-corrected chi connectivity index (χ3v) is 6.30. The van der Waals surface area contributed by atoms with Crippen molar-refractivity contribution in [2.24, 2.45) is 0 Å². The van der Waals surface area contributed by atoms with Crippen LogP contribution in [0.15, 0.2) is 55.2 Å². The second-order valence-electron chi connectivity index (χ2n) is 9.20. The number of pyridine rings is 1. The molecule has 42 heavy (non-hydrogen) atoms. The van der Waals surface area contributed by atoms with Crippen molar-refractivity contribution < 1.29 is 28.7 Å². The Bertz CT molecular complexity index is 1620. The Morgan fingerprint density at radius 2 is 1.81 bits per heavy atom. The average molecular weight is 574 g/mol. The van der Waals surface area contributed by atoms with Crippen molar-refractivity contribution in [1.29, 1.82) is 0 Å². The highest BCUT2D eigenvalue weighted by molar-refractivity contribution is 6.05. The van der Waals surface area contributed by atoms with Crippen LogP contribution in [0.1, 0.15) is 62.5 Å². The lowest BCUT2D eigenvalue weighted by Crippen LogP contribution is -2.31. The Labute approximate surface area is 241 Å². The molecule has 3 heterocycles. The van der Waals surface area contributed by atoms with Crippen molar-refractivity contribution in [3.8, 4) is 0 Å². The van der Waals surface area contributed by atoms with E-state index in [-0.39, 0.29) is 23.2 Å². The Balaban J connectivity index is 1.76. The normalized spacial score (nSPS) is 10.7. The van der Waals surface area contributed by atoms with Crippen LogP contribution in [0.5, 0.6) is 0 Å². The maximum atomic E-state index is 13.7. The largest absolute Gasteiger partial charge is 0.424 e. The van der Waals surface area contributed by atoms with Gasteiger partial charge in [-0.1, -0.05) is 13.0 Å². The summed E-state index contributed by atoms with van der Waals surface area (Å²) in [6, 6.07) is 7.98. The number of fused-ring (bicyclic) bond motifs is 1. The highest BCUT2D eigenvalue weighted by atomic mass is 16.7. The van der Waals surface area contributed by atoms with Crippen molar-refractivity contribution in [3.63, 3.8) is 0 Å². The molecule has 13 nitrogen and oxygen atoms in total. The molecular formula is C29H31N7O6. The molecule has 13 heteroatoms. The summed E-state index contributed by atoms with van der Waals surface area (Å²) in [6.07, 6.45) is 5.43. The van der Waals surface area contributed by atoms with E-state index in [9.17, 15) is 19.2 Å². The molecule has 4 rings (SSSR count). The monoisotopic (exact) mass is 573 g/mol. The molecule has 1 aromatic carbocycles. The van der Waals surface area contributed by atoms with Gasteiger partial charge >= 0.3 is 12.1 Å². The van der Waals surface area contributed by atoms with Crippen molar-refractivity contribution >= 4 is 40.9 Å². The lowest BCUT2D eigenvalue weighted by molar-refractivity contribution is -0.000110. The number of carbonyl (C=O) groups is 4. The summed E-state index contributed by atoms with van der Waals surface area (Å²) in [7, 11) is 0. The summed E-state index contributed by atoms with van der Waals surface area (Å²) in [5.41, 5.74) is 2.65. The van der Waals surface area contributed by atoms with Crippen LogP contribution >= 0.6 is 0 Å². The molecule has 0 unspecified atom stereocenters. The van der Waals surface area contributed by atoms with E-state index in [0.717, 1.165) is 11.3 Å². The van der Waals surface area contributed by atoms with E-state index in [2.05, 4.69) is 25.7 Å². The van der Waals surface area contributed by atoms with Gasteiger partial charge in [-0.05, 0) is 62.6 Å². The van der Waals surface area contributed by atoms with Crippen LogP contribution in [0.3, 0.4) is 0 Å². The number of ether oxygens (including phenoxy) is 2. The molecule has 0 saturated carbocycles. The first kappa shape index (κ1) is 29.6. The minimum Gasteiger partial charge on any atom is -0.424 e. The van der Waals surface area contributed by atoms with Gasteiger partial charge in [-0.15, -0.1) is 0 Å². The van der Waals surface area contributed by atoms with E-state index < -0.39 is 18.9 Å². The number of aromatic nitrogens is 4. The molecule has 0 aliphatic carbocycles. The highest BCUT2D eigenvalue weighted by Crippen LogP contribution is 2.34. The number of hydrogen-bond acceptors (Lipinski definition) is 9. The van der Waals surface area contributed by atoms with E-state index in [1.807, 2.05) is 6.92 Å². The minimum atomic E-state index is -0.941. The number of amides is 3. The van der Waals surface area contributed by atoms with Gasteiger partial charge in [-0.25, -0.2) is 24.0 Å². The maximum absolute atomic E-state index is 13.7. The number of rotatable bonds is 10. The van der Waals surface area contributed by atoms with Crippen molar-refractivity contribution in [1.82, 2.24) is 30.2 Å². The van der Waals surface area contributed by atoms with Gasteiger partial charge in [-0.2, -0.15) is 5.10 Å². The predicted octanol–water partition coefficient (Wildman–Crippen LogP) is 3.72. The smallest absolute Gasteiger partial charge is 0.423 e. The fraction of sp³-hybridized carbons (Fsp3) is 0.276. The molecule has 4 aromatic rings. The van der Waals surface area contributed by atoms with Crippen LogP contribution in [-0.2, 0) is 9.47 Å². The number of nitrogens with zero attached hydrogens (tertiary/aromatic N) is 5. The third-order valence-electron chi connectivity index (χ3n) is 6.30. The topological polar surface area (TPSA) is 157 Å². The molecule has 3 aromatic heterocycles. The van der Waals surface area contributed by atoms with Gasteiger partial charge in [0.2, 0.25) is 6.79 Å². The fourth-order valence-electron chi connectivity index (χ4n) is 4.19. The van der Waals surface area contributed by atoms with Gasteiger partial charge in [0.15, 0.2) is 5.82 Å². The Kier molecular flexibility index (Phi) is 9.42. The van der Waals surface area contributed by atoms with Gasteiger partial charge in [0, 0.05) is 37.2 Å². The molecule has 0 radical (unpaired) electrons. The summed E-state index contributed by atoms with van der Waals surface area (Å²) in [5, 5.41) is 9.81. The fourth-order valence-corrected chi connectivity index (χ4v) is 4.19. The number of nitrogens with one attached hydrogen (secondary N) is 2. The van der Waals surface area contributed by atoms with E-state index in [4.69, 9.17) is 9.47 Å². The Morgan fingerprint density at radius 1 is 1.00 bits per heavy atom. The van der Waals surface area contributed by atoms with Crippen LogP contribution in [0.2, 0.25) is 0 Å². The Morgan fingerprint density at radius 3 is 2.52 bits per heavy atom. The van der Waals surface area contributed by atoms with Crippen molar-refractivity contribution in [3.05, 3.63) is 83.1 Å². The molecule has 0 fully saturated rings. The summed E-state index contributed by atoms with van der Waals surface area (Å²) in [6.45, 7) is 7.42. The highest BCUT2D eigenvalue weighted by Gasteiger charge is 2.29. The van der Waals surface area contributed by atoms with E-state index in [0.29, 0.717) is 46.5 Å². The molecule has 0 spiro atoms. The lowest BCUT2D eigenvalue weighted by Gasteiger charge is -2.24. The lowest BCUT2D eigenvalue weighted by atomic mass is 10.1. The Hall–Kier alpha value is -5.33. The van der Waals surface area contributed by atoms with Gasteiger partial charge < -0.3 is 20.1 Å². The van der Waals surface area contributed by atoms with Crippen molar-refractivity contribution in [2.45, 2.75) is 34.1 Å². The van der Waals surface area contributed by atoms with Crippen LogP contribution in [0.4, 0.5) is 16.3 Å². The zero-order valence-electron chi connectivity index (χ0n) is 23.7. The number of esters is 1. The van der Waals surface area contributed by atoms with E-state index in [1.54, 1.807) is 51.2 Å².